The molecule has 3 rings (SSSR count). The van der Waals surface area contributed by atoms with Gasteiger partial charge in [-0.05, 0) is 55.5 Å². The lowest BCUT2D eigenvalue weighted by Crippen LogP contribution is -2.30. The first-order valence-corrected chi connectivity index (χ1v) is 7.40. The van der Waals surface area contributed by atoms with Gasteiger partial charge in [0.05, 0.1) is 0 Å². The summed E-state index contributed by atoms with van der Waals surface area (Å²) in [6.07, 6.45) is 3.97. The number of nitrogens with zero attached hydrogens (tertiary/aromatic N) is 2. The van der Waals surface area contributed by atoms with Crippen LogP contribution in [-0.2, 0) is 0 Å². The van der Waals surface area contributed by atoms with Gasteiger partial charge < -0.3 is 9.47 Å². The van der Waals surface area contributed by atoms with Crippen LogP contribution in [0.15, 0.2) is 79.1 Å². The zero-order valence-corrected chi connectivity index (χ0v) is 12.5. The highest BCUT2D eigenvalue weighted by Crippen LogP contribution is 2.18. The van der Waals surface area contributed by atoms with Gasteiger partial charge in [-0.3, -0.25) is 4.79 Å². The monoisotopic (exact) mass is 290 g/mol. The minimum absolute atomic E-state index is 0.0211. The number of benzene rings is 2. The fourth-order valence-electron chi connectivity index (χ4n) is 2.49. The predicted octanol–water partition coefficient (Wildman–Crippen LogP) is 4.14. The summed E-state index contributed by atoms with van der Waals surface area (Å²) < 4.78 is 2.02. The van der Waals surface area contributed by atoms with E-state index < -0.39 is 0 Å². The van der Waals surface area contributed by atoms with E-state index in [-0.39, 0.29) is 5.91 Å². The Morgan fingerprint density at radius 1 is 0.909 bits per heavy atom. The van der Waals surface area contributed by atoms with Crippen LogP contribution < -0.4 is 4.90 Å². The van der Waals surface area contributed by atoms with Crippen molar-refractivity contribution >= 4 is 11.6 Å². The van der Waals surface area contributed by atoms with Gasteiger partial charge in [-0.15, -0.1) is 0 Å². The number of hydrogen-bond donors (Lipinski definition) is 0. The first-order valence-electron chi connectivity index (χ1n) is 7.40. The van der Waals surface area contributed by atoms with Crippen LogP contribution in [0.4, 0.5) is 5.69 Å². The second-order valence-corrected chi connectivity index (χ2v) is 5.02. The molecule has 0 aliphatic carbocycles. The van der Waals surface area contributed by atoms with Crippen molar-refractivity contribution in [2.24, 2.45) is 0 Å². The minimum Gasteiger partial charge on any atom is -0.324 e. The molecule has 3 aromatic rings. The maximum Gasteiger partial charge on any atom is 0.258 e. The van der Waals surface area contributed by atoms with Gasteiger partial charge in [0.15, 0.2) is 0 Å². The van der Waals surface area contributed by atoms with Gasteiger partial charge in [0.1, 0.15) is 0 Å². The third kappa shape index (κ3) is 2.79. The summed E-state index contributed by atoms with van der Waals surface area (Å²) in [5.41, 5.74) is 2.66. The fraction of sp³-hybridized carbons (Fsp3) is 0.105. The molecule has 0 aliphatic rings. The summed E-state index contributed by atoms with van der Waals surface area (Å²) in [6, 6.07) is 21.4. The van der Waals surface area contributed by atoms with E-state index in [4.69, 9.17) is 0 Å². The first-order chi connectivity index (χ1) is 10.8. The van der Waals surface area contributed by atoms with Gasteiger partial charge in [-0.25, -0.2) is 0 Å². The molecule has 0 unspecified atom stereocenters. The molecule has 3 nitrogen and oxygen atoms in total. The van der Waals surface area contributed by atoms with E-state index in [2.05, 4.69) is 0 Å². The highest BCUT2D eigenvalue weighted by atomic mass is 16.2. The number of aromatic nitrogens is 1. The second kappa shape index (κ2) is 6.31. The summed E-state index contributed by atoms with van der Waals surface area (Å²) in [5.74, 6) is 0.0211. The molecule has 3 heteroatoms. The standard InChI is InChI=1S/C19H18N2O/c1-2-21(18-8-4-3-5-9-18)19(22)16-10-12-17(13-11-16)20-14-6-7-15-20/h3-15H,2H2,1H3. The number of carbonyl (C=O) groups excluding carboxylic acids is 1. The Balaban J connectivity index is 1.85. The van der Waals surface area contributed by atoms with Crippen molar-refractivity contribution in [1.29, 1.82) is 0 Å². The predicted molar refractivity (Wildman–Crippen MR) is 89.6 cm³/mol. The molecule has 0 N–H and O–H groups in total. The highest BCUT2D eigenvalue weighted by molar-refractivity contribution is 6.06. The van der Waals surface area contributed by atoms with Crippen molar-refractivity contribution < 1.29 is 4.79 Å². The summed E-state index contributed by atoms with van der Waals surface area (Å²) in [4.78, 5) is 14.5. The summed E-state index contributed by atoms with van der Waals surface area (Å²) >= 11 is 0. The third-order valence-corrected chi connectivity index (χ3v) is 3.65. The molecule has 110 valence electrons. The van der Waals surface area contributed by atoms with E-state index in [9.17, 15) is 4.79 Å². The van der Waals surface area contributed by atoms with Crippen LogP contribution in [-0.4, -0.2) is 17.0 Å². The van der Waals surface area contributed by atoms with Gasteiger partial charge in [0, 0.05) is 35.9 Å². The zero-order valence-electron chi connectivity index (χ0n) is 12.5. The van der Waals surface area contributed by atoms with Crippen LogP contribution >= 0.6 is 0 Å². The molecule has 1 heterocycles. The molecule has 0 atom stereocenters. The normalized spacial score (nSPS) is 10.4. The Morgan fingerprint density at radius 3 is 2.14 bits per heavy atom. The van der Waals surface area contributed by atoms with Gasteiger partial charge in [-0.2, -0.15) is 0 Å². The average Bonchev–Trinajstić information content (AvgIpc) is 3.11. The van der Waals surface area contributed by atoms with Crippen molar-refractivity contribution in [1.82, 2.24) is 4.57 Å². The molecule has 1 amide bonds. The Kier molecular flexibility index (Phi) is 4.05. The van der Waals surface area contributed by atoms with E-state index in [0.29, 0.717) is 12.1 Å². The maximum absolute atomic E-state index is 12.7. The van der Waals surface area contributed by atoms with Crippen LogP contribution in [0.1, 0.15) is 17.3 Å². The van der Waals surface area contributed by atoms with Crippen LogP contribution in [0, 0.1) is 0 Å². The molecule has 0 saturated carbocycles. The molecule has 0 fully saturated rings. The maximum atomic E-state index is 12.7. The van der Waals surface area contributed by atoms with Gasteiger partial charge in [0.25, 0.3) is 5.91 Å². The van der Waals surface area contributed by atoms with E-state index >= 15 is 0 Å². The zero-order chi connectivity index (χ0) is 15.4. The smallest absolute Gasteiger partial charge is 0.258 e. The van der Waals surface area contributed by atoms with E-state index in [1.165, 1.54) is 0 Å². The molecule has 0 saturated heterocycles. The SMILES string of the molecule is CCN(C(=O)c1ccc(-n2cccc2)cc1)c1ccccc1. The lowest BCUT2D eigenvalue weighted by Gasteiger charge is -2.21. The molecule has 1 aromatic heterocycles. The topological polar surface area (TPSA) is 25.2 Å². The summed E-state index contributed by atoms with van der Waals surface area (Å²) in [7, 11) is 0. The quantitative estimate of drug-likeness (QED) is 0.709. The van der Waals surface area contributed by atoms with E-state index in [1.54, 1.807) is 4.90 Å². The molecule has 0 bridgehead atoms. The fourth-order valence-corrected chi connectivity index (χ4v) is 2.49. The molecule has 2 aromatic carbocycles. The third-order valence-electron chi connectivity index (χ3n) is 3.65. The van der Waals surface area contributed by atoms with Crippen molar-refractivity contribution in [2.45, 2.75) is 6.92 Å². The van der Waals surface area contributed by atoms with Crippen LogP contribution in [0.3, 0.4) is 0 Å². The number of carbonyl (C=O) groups is 1. The molecule has 22 heavy (non-hydrogen) atoms. The number of anilines is 1. The lowest BCUT2D eigenvalue weighted by molar-refractivity contribution is 0.0988. The number of para-hydroxylation sites is 1. The molecule has 0 radical (unpaired) electrons. The lowest BCUT2D eigenvalue weighted by atomic mass is 10.1. The summed E-state index contributed by atoms with van der Waals surface area (Å²) in [5, 5.41) is 0. The Bertz CT molecular complexity index is 731. The molecule has 0 aliphatic heterocycles. The van der Waals surface area contributed by atoms with Crippen molar-refractivity contribution in [2.75, 3.05) is 11.4 Å². The largest absolute Gasteiger partial charge is 0.324 e. The van der Waals surface area contributed by atoms with Crippen LogP contribution in [0.5, 0.6) is 0 Å². The highest BCUT2D eigenvalue weighted by Gasteiger charge is 2.15. The number of amides is 1. The van der Waals surface area contributed by atoms with Crippen molar-refractivity contribution in [3.8, 4) is 5.69 Å². The first kappa shape index (κ1) is 14.1. The number of rotatable bonds is 4. The van der Waals surface area contributed by atoms with Gasteiger partial charge in [-0.1, -0.05) is 18.2 Å². The van der Waals surface area contributed by atoms with Crippen LogP contribution in [0.2, 0.25) is 0 Å². The average molecular weight is 290 g/mol. The van der Waals surface area contributed by atoms with Gasteiger partial charge >= 0.3 is 0 Å². The minimum atomic E-state index is 0.0211. The Labute approximate surface area is 130 Å². The molecule has 0 spiro atoms. The van der Waals surface area contributed by atoms with Crippen molar-refractivity contribution in [3.63, 3.8) is 0 Å². The van der Waals surface area contributed by atoms with Crippen LogP contribution in [0.25, 0.3) is 5.69 Å². The van der Waals surface area contributed by atoms with Crippen molar-refractivity contribution in [3.05, 3.63) is 84.7 Å². The Hall–Kier alpha value is -2.81. The van der Waals surface area contributed by atoms with E-state index in [1.807, 2.05) is 90.6 Å². The van der Waals surface area contributed by atoms with E-state index in [0.717, 1.165) is 11.4 Å². The number of hydrogen-bond acceptors (Lipinski definition) is 1. The van der Waals surface area contributed by atoms with Gasteiger partial charge in [0.2, 0.25) is 0 Å². The summed E-state index contributed by atoms with van der Waals surface area (Å²) in [6.45, 7) is 2.63. The molecular weight excluding hydrogens is 272 g/mol. The molecular formula is C19H18N2O. The second-order valence-electron chi connectivity index (χ2n) is 5.02. The Morgan fingerprint density at radius 2 is 1.55 bits per heavy atom.